The molecule has 0 aliphatic heterocycles. The van der Waals surface area contributed by atoms with E-state index in [0.29, 0.717) is 6.61 Å². The maximum atomic E-state index is 10.4. The molecule has 2 aromatic rings. The van der Waals surface area contributed by atoms with Gasteiger partial charge in [0.05, 0.1) is 0 Å². The second-order valence-corrected chi connectivity index (χ2v) is 4.01. The number of benzene rings is 2. The summed E-state index contributed by atoms with van der Waals surface area (Å²) in [6, 6.07) is 17.2. The fourth-order valence-corrected chi connectivity index (χ4v) is 1.58. The third-order valence-electron chi connectivity index (χ3n) is 2.55. The molecule has 0 fully saturated rings. The van der Waals surface area contributed by atoms with E-state index in [0.717, 1.165) is 23.0 Å². The van der Waals surface area contributed by atoms with Gasteiger partial charge in [0, 0.05) is 6.08 Å². The van der Waals surface area contributed by atoms with E-state index in [2.05, 4.69) is 0 Å². The fourth-order valence-electron chi connectivity index (χ4n) is 1.58. The molecule has 20 heavy (non-hydrogen) atoms. The zero-order chi connectivity index (χ0) is 13.5. The van der Waals surface area contributed by atoms with Gasteiger partial charge in [-0.3, -0.25) is 0 Å². The SMILES string of the molecule is Cl.O=C(O)C=Cc1ccc(OCc2ccccc2)cc1. The Morgan fingerprint density at radius 3 is 2.30 bits per heavy atom. The third-order valence-corrected chi connectivity index (χ3v) is 2.55. The molecule has 4 heteroatoms. The van der Waals surface area contributed by atoms with E-state index in [1.165, 1.54) is 0 Å². The van der Waals surface area contributed by atoms with E-state index < -0.39 is 5.97 Å². The van der Waals surface area contributed by atoms with Gasteiger partial charge in [-0.25, -0.2) is 4.79 Å². The van der Waals surface area contributed by atoms with Gasteiger partial charge in [0.2, 0.25) is 0 Å². The zero-order valence-corrected chi connectivity index (χ0v) is 11.5. The summed E-state index contributed by atoms with van der Waals surface area (Å²) in [5, 5.41) is 8.53. The van der Waals surface area contributed by atoms with Gasteiger partial charge in [-0.2, -0.15) is 0 Å². The molecule has 3 nitrogen and oxygen atoms in total. The minimum absolute atomic E-state index is 0. The molecule has 0 spiro atoms. The lowest BCUT2D eigenvalue weighted by Crippen LogP contribution is -1.94. The van der Waals surface area contributed by atoms with Crippen molar-refractivity contribution in [1.82, 2.24) is 0 Å². The van der Waals surface area contributed by atoms with Gasteiger partial charge in [0.15, 0.2) is 0 Å². The molecule has 0 radical (unpaired) electrons. The largest absolute Gasteiger partial charge is 0.489 e. The van der Waals surface area contributed by atoms with E-state index in [4.69, 9.17) is 9.84 Å². The fraction of sp³-hybridized carbons (Fsp3) is 0.0625. The van der Waals surface area contributed by atoms with Gasteiger partial charge >= 0.3 is 5.97 Å². The number of rotatable bonds is 5. The van der Waals surface area contributed by atoms with Gasteiger partial charge in [-0.15, -0.1) is 12.4 Å². The first-order valence-electron chi connectivity index (χ1n) is 5.92. The maximum Gasteiger partial charge on any atom is 0.328 e. The van der Waals surface area contributed by atoms with E-state index in [1.54, 1.807) is 6.08 Å². The van der Waals surface area contributed by atoms with Crippen LogP contribution in [0, 0.1) is 0 Å². The molecule has 0 aromatic heterocycles. The predicted octanol–water partition coefficient (Wildman–Crippen LogP) is 3.79. The Bertz CT molecular complexity index is 562. The third kappa shape index (κ3) is 5.16. The van der Waals surface area contributed by atoms with Crippen LogP contribution in [0.25, 0.3) is 6.08 Å². The lowest BCUT2D eigenvalue weighted by molar-refractivity contribution is -0.131. The molecule has 0 amide bonds. The Labute approximate surface area is 123 Å². The molecule has 104 valence electrons. The number of halogens is 1. The number of ether oxygens (including phenoxy) is 1. The van der Waals surface area contributed by atoms with Crippen molar-refractivity contribution in [3.63, 3.8) is 0 Å². The molecule has 1 N–H and O–H groups in total. The molecular weight excluding hydrogens is 276 g/mol. The summed E-state index contributed by atoms with van der Waals surface area (Å²) in [4.78, 5) is 10.4. The van der Waals surface area contributed by atoms with Crippen LogP contribution in [0.1, 0.15) is 11.1 Å². The van der Waals surface area contributed by atoms with Gasteiger partial charge in [0.1, 0.15) is 12.4 Å². The van der Waals surface area contributed by atoms with E-state index >= 15 is 0 Å². The quantitative estimate of drug-likeness (QED) is 0.852. The summed E-state index contributed by atoms with van der Waals surface area (Å²) < 4.78 is 5.63. The molecule has 0 aliphatic rings. The van der Waals surface area contributed by atoms with Crippen molar-refractivity contribution in [2.75, 3.05) is 0 Å². The minimum Gasteiger partial charge on any atom is -0.489 e. The molecular formula is C16H15ClO3. The number of hydrogen-bond acceptors (Lipinski definition) is 2. The lowest BCUT2D eigenvalue weighted by Gasteiger charge is -2.06. The summed E-state index contributed by atoms with van der Waals surface area (Å²) in [6.45, 7) is 0.519. The van der Waals surface area contributed by atoms with Crippen LogP contribution in [-0.2, 0) is 11.4 Å². The van der Waals surface area contributed by atoms with Crippen molar-refractivity contribution in [2.24, 2.45) is 0 Å². The van der Waals surface area contributed by atoms with Gasteiger partial charge in [-0.1, -0.05) is 42.5 Å². The van der Waals surface area contributed by atoms with Gasteiger partial charge in [-0.05, 0) is 29.3 Å². The first kappa shape index (κ1) is 15.8. The van der Waals surface area contributed by atoms with Crippen molar-refractivity contribution < 1.29 is 14.6 Å². The standard InChI is InChI=1S/C16H14O3.ClH/c17-16(18)11-8-13-6-9-15(10-7-13)19-12-14-4-2-1-3-5-14;/h1-11H,12H2,(H,17,18);1H. The molecule has 0 unspecified atom stereocenters. The number of aliphatic carboxylic acids is 1. The summed E-state index contributed by atoms with van der Waals surface area (Å²) in [5.74, 6) is -0.194. The highest BCUT2D eigenvalue weighted by Crippen LogP contribution is 2.15. The average Bonchev–Trinajstić information content (AvgIpc) is 2.45. The van der Waals surface area contributed by atoms with Crippen molar-refractivity contribution in [3.8, 4) is 5.75 Å². The topological polar surface area (TPSA) is 46.5 Å². The van der Waals surface area contributed by atoms with Crippen LogP contribution in [0.4, 0.5) is 0 Å². The minimum atomic E-state index is -0.954. The summed E-state index contributed by atoms with van der Waals surface area (Å²) >= 11 is 0. The lowest BCUT2D eigenvalue weighted by atomic mass is 10.2. The highest BCUT2D eigenvalue weighted by molar-refractivity contribution is 5.85. The number of carboxylic acids is 1. The Hall–Kier alpha value is -2.26. The zero-order valence-electron chi connectivity index (χ0n) is 10.7. The molecule has 2 rings (SSSR count). The Morgan fingerprint density at radius 1 is 1.05 bits per heavy atom. The van der Waals surface area contributed by atoms with Gasteiger partial charge < -0.3 is 9.84 Å². The maximum absolute atomic E-state index is 10.4. The Balaban J connectivity index is 0.00000200. The molecule has 0 saturated carbocycles. The molecule has 0 heterocycles. The normalized spacial score (nSPS) is 10.0. The molecule has 0 bridgehead atoms. The van der Waals surface area contributed by atoms with Crippen LogP contribution < -0.4 is 4.74 Å². The van der Waals surface area contributed by atoms with Crippen LogP contribution in [0.3, 0.4) is 0 Å². The molecule has 2 aromatic carbocycles. The van der Waals surface area contributed by atoms with Crippen LogP contribution in [0.2, 0.25) is 0 Å². The van der Waals surface area contributed by atoms with E-state index in [1.807, 2.05) is 54.6 Å². The number of hydrogen-bond donors (Lipinski definition) is 1. The highest BCUT2D eigenvalue weighted by atomic mass is 35.5. The first-order chi connectivity index (χ1) is 9.24. The van der Waals surface area contributed by atoms with Crippen molar-refractivity contribution in [2.45, 2.75) is 6.61 Å². The van der Waals surface area contributed by atoms with Gasteiger partial charge in [0.25, 0.3) is 0 Å². The summed E-state index contributed by atoms with van der Waals surface area (Å²) in [5.41, 5.74) is 1.94. The second kappa shape index (κ2) is 8.02. The first-order valence-corrected chi connectivity index (χ1v) is 5.92. The van der Waals surface area contributed by atoms with Crippen LogP contribution in [0.15, 0.2) is 60.7 Å². The molecule has 0 atom stereocenters. The second-order valence-electron chi connectivity index (χ2n) is 4.01. The Morgan fingerprint density at radius 2 is 1.70 bits per heavy atom. The molecule has 0 aliphatic carbocycles. The number of carbonyl (C=O) groups is 1. The van der Waals surface area contributed by atoms with Crippen molar-refractivity contribution >= 4 is 24.5 Å². The predicted molar refractivity (Wildman–Crippen MR) is 81.1 cm³/mol. The number of carboxylic acid groups (broad SMARTS) is 1. The van der Waals surface area contributed by atoms with Crippen molar-refractivity contribution in [3.05, 3.63) is 71.8 Å². The summed E-state index contributed by atoms with van der Waals surface area (Å²) in [6.07, 6.45) is 2.66. The van der Waals surface area contributed by atoms with Crippen LogP contribution in [-0.4, -0.2) is 11.1 Å². The van der Waals surface area contributed by atoms with E-state index in [9.17, 15) is 4.79 Å². The van der Waals surface area contributed by atoms with E-state index in [-0.39, 0.29) is 12.4 Å². The average molecular weight is 291 g/mol. The highest BCUT2D eigenvalue weighted by Gasteiger charge is 1.96. The van der Waals surface area contributed by atoms with Crippen LogP contribution in [0.5, 0.6) is 5.75 Å². The van der Waals surface area contributed by atoms with Crippen molar-refractivity contribution in [1.29, 1.82) is 0 Å². The summed E-state index contributed by atoms with van der Waals surface area (Å²) in [7, 11) is 0. The molecule has 0 saturated heterocycles. The van der Waals surface area contributed by atoms with Crippen LogP contribution >= 0.6 is 12.4 Å². The Kier molecular flexibility index (Phi) is 6.33. The monoisotopic (exact) mass is 290 g/mol. The smallest absolute Gasteiger partial charge is 0.328 e.